The molecule has 1 aromatic carbocycles. The third-order valence-corrected chi connectivity index (χ3v) is 2.89. The Labute approximate surface area is 83.1 Å². The number of benzene rings is 1. The van der Waals surface area contributed by atoms with Gasteiger partial charge in [-0.15, -0.1) is 11.8 Å². The zero-order valence-corrected chi connectivity index (χ0v) is 8.60. The van der Waals surface area contributed by atoms with Gasteiger partial charge in [-0.3, -0.25) is 0 Å². The highest BCUT2D eigenvalue weighted by Crippen LogP contribution is 2.22. The van der Waals surface area contributed by atoms with Crippen LogP contribution in [0.4, 0.5) is 5.69 Å². The molecule has 0 fully saturated rings. The third kappa shape index (κ3) is 3.28. The van der Waals surface area contributed by atoms with E-state index in [1.807, 2.05) is 19.1 Å². The monoisotopic (exact) mass is 197 g/mol. The van der Waals surface area contributed by atoms with Gasteiger partial charge < -0.3 is 10.8 Å². The lowest BCUT2D eigenvalue weighted by atomic mass is 10.2. The van der Waals surface area contributed by atoms with E-state index >= 15 is 0 Å². The van der Waals surface area contributed by atoms with Gasteiger partial charge in [0.25, 0.3) is 0 Å². The number of nitrogen functional groups attached to an aromatic ring is 1. The zero-order valence-electron chi connectivity index (χ0n) is 7.79. The number of nitrogens with two attached hydrogens (primary N) is 1. The molecule has 0 heterocycles. The molecule has 0 saturated carbocycles. The molecule has 0 aliphatic heterocycles. The molecule has 0 unspecified atom stereocenters. The van der Waals surface area contributed by atoms with Crippen molar-refractivity contribution in [3.05, 3.63) is 23.8 Å². The molecule has 0 bridgehead atoms. The Hall–Kier alpha value is -0.670. The molecular formula is C10H15NOS. The quantitative estimate of drug-likeness (QED) is 0.441. The Morgan fingerprint density at radius 2 is 2.23 bits per heavy atom. The first-order chi connectivity index (χ1) is 6.24. The van der Waals surface area contributed by atoms with E-state index in [2.05, 4.69) is 6.07 Å². The van der Waals surface area contributed by atoms with Crippen molar-refractivity contribution < 1.29 is 5.11 Å². The molecule has 72 valence electrons. The third-order valence-electron chi connectivity index (χ3n) is 1.81. The molecule has 0 aromatic heterocycles. The molecule has 0 amide bonds. The van der Waals surface area contributed by atoms with Gasteiger partial charge in [0.15, 0.2) is 0 Å². The Balaban J connectivity index is 2.53. The van der Waals surface area contributed by atoms with E-state index in [4.69, 9.17) is 10.8 Å². The van der Waals surface area contributed by atoms with Crippen LogP contribution in [0.25, 0.3) is 0 Å². The van der Waals surface area contributed by atoms with Gasteiger partial charge in [0, 0.05) is 22.9 Å². The van der Waals surface area contributed by atoms with E-state index in [-0.39, 0.29) is 6.61 Å². The van der Waals surface area contributed by atoms with Gasteiger partial charge in [-0.1, -0.05) is 0 Å². The van der Waals surface area contributed by atoms with E-state index in [1.165, 1.54) is 4.90 Å². The minimum Gasteiger partial charge on any atom is -0.399 e. The zero-order chi connectivity index (χ0) is 9.68. The topological polar surface area (TPSA) is 46.2 Å². The molecule has 1 aromatic rings. The summed E-state index contributed by atoms with van der Waals surface area (Å²) in [5.41, 5.74) is 7.65. The standard InChI is InChI=1S/C10H15NOS/c1-8-7-9(3-4-10(8)11)13-6-2-5-12/h3-4,7,12H,2,5-6,11H2,1H3. The van der Waals surface area contributed by atoms with Gasteiger partial charge >= 0.3 is 0 Å². The number of aliphatic hydroxyl groups is 1. The maximum Gasteiger partial charge on any atom is 0.0439 e. The SMILES string of the molecule is Cc1cc(SCCCO)ccc1N. The van der Waals surface area contributed by atoms with Crippen LogP contribution in [-0.2, 0) is 0 Å². The molecule has 3 N–H and O–H groups in total. The average molecular weight is 197 g/mol. The van der Waals surface area contributed by atoms with E-state index in [0.29, 0.717) is 0 Å². The fraction of sp³-hybridized carbons (Fsp3) is 0.400. The highest BCUT2D eigenvalue weighted by atomic mass is 32.2. The molecule has 3 heteroatoms. The van der Waals surface area contributed by atoms with E-state index < -0.39 is 0 Å². The second-order valence-electron chi connectivity index (χ2n) is 2.94. The summed E-state index contributed by atoms with van der Waals surface area (Å²) in [6, 6.07) is 6.03. The van der Waals surface area contributed by atoms with Crippen molar-refractivity contribution in [2.45, 2.75) is 18.2 Å². The minimum absolute atomic E-state index is 0.265. The van der Waals surface area contributed by atoms with Crippen molar-refractivity contribution in [2.75, 3.05) is 18.1 Å². The molecule has 0 saturated heterocycles. The largest absolute Gasteiger partial charge is 0.399 e. The number of hydrogen-bond acceptors (Lipinski definition) is 3. The summed E-state index contributed by atoms with van der Waals surface area (Å²) in [5, 5.41) is 8.61. The van der Waals surface area contributed by atoms with Crippen LogP contribution >= 0.6 is 11.8 Å². The van der Waals surface area contributed by atoms with Crippen LogP contribution in [0, 0.1) is 6.92 Å². The maximum atomic E-state index is 8.61. The number of hydrogen-bond donors (Lipinski definition) is 2. The van der Waals surface area contributed by atoms with Crippen molar-refractivity contribution in [3.8, 4) is 0 Å². The van der Waals surface area contributed by atoms with Gasteiger partial charge in [0.05, 0.1) is 0 Å². The van der Waals surface area contributed by atoms with Crippen molar-refractivity contribution in [3.63, 3.8) is 0 Å². The summed E-state index contributed by atoms with van der Waals surface area (Å²) in [4.78, 5) is 1.22. The first-order valence-corrected chi connectivity index (χ1v) is 5.32. The highest BCUT2D eigenvalue weighted by Gasteiger charge is 1.96. The lowest BCUT2D eigenvalue weighted by molar-refractivity contribution is 0.296. The summed E-state index contributed by atoms with van der Waals surface area (Å²) in [6.07, 6.45) is 0.841. The van der Waals surface area contributed by atoms with E-state index in [1.54, 1.807) is 11.8 Å². The second kappa shape index (κ2) is 5.14. The molecule has 0 radical (unpaired) electrons. The molecular weight excluding hydrogens is 182 g/mol. The molecule has 13 heavy (non-hydrogen) atoms. The summed E-state index contributed by atoms with van der Waals surface area (Å²) in [7, 11) is 0. The highest BCUT2D eigenvalue weighted by molar-refractivity contribution is 7.99. The van der Waals surface area contributed by atoms with Crippen LogP contribution in [0.5, 0.6) is 0 Å². The van der Waals surface area contributed by atoms with E-state index in [9.17, 15) is 0 Å². The number of aliphatic hydroxyl groups excluding tert-OH is 1. The maximum absolute atomic E-state index is 8.61. The summed E-state index contributed by atoms with van der Waals surface area (Å²) in [6.45, 7) is 2.27. The first-order valence-electron chi connectivity index (χ1n) is 4.34. The van der Waals surface area contributed by atoms with Crippen LogP contribution in [0.15, 0.2) is 23.1 Å². The summed E-state index contributed by atoms with van der Waals surface area (Å²) >= 11 is 1.75. The van der Waals surface area contributed by atoms with Crippen LogP contribution in [0.1, 0.15) is 12.0 Å². The van der Waals surface area contributed by atoms with Crippen molar-refractivity contribution in [1.82, 2.24) is 0 Å². The van der Waals surface area contributed by atoms with Crippen molar-refractivity contribution in [1.29, 1.82) is 0 Å². The van der Waals surface area contributed by atoms with Crippen LogP contribution in [0.2, 0.25) is 0 Å². The van der Waals surface area contributed by atoms with Crippen molar-refractivity contribution in [2.24, 2.45) is 0 Å². The fourth-order valence-electron chi connectivity index (χ4n) is 0.993. The smallest absolute Gasteiger partial charge is 0.0439 e. The van der Waals surface area contributed by atoms with Crippen molar-refractivity contribution >= 4 is 17.4 Å². The van der Waals surface area contributed by atoms with Gasteiger partial charge in [-0.05, 0) is 37.1 Å². The van der Waals surface area contributed by atoms with E-state index in [0.717, 1.165) is 23.4 Å². The fourth-order valence-corrected chi connectivity index (χ4v) is 1.93. The second-order valence-corrected chi connectivity index (χ2v) is 4.11. The predicted molar refractivity (Wildman–Crippen MR) is 58.0 cm³/mol. The first kappa shape index (κ1) is 10.4. The Morgan fingerprint density at radius 3 is 2.85 bits per heavy atom. The molecule has 1 rings (SSSR count). The molecule has 0 aliphatic rings. The average Bonchev–Trinajstić information content (AvgIpc) is 2.12. The molecule has 0 spiro atoms. The Morgan fingerprint density at radius 1 is 1.46 bits per heavy atom. The van der Waals surface area contributed by atoms with Gasteiger partial charge in [0.2, 0.25) is 0 Å². The van der Waals surface area contributed by atoms with Gasteiger partial charge in [-0.25, -0.2) is 0 Å². The summed E-state index contributed by atoms with van der Waals surface area (Å²) in [5.74, 6) is 0.958. The molecule has 0 atom stereocenters. The molecule has 2 nitrogen and oxygen atoms in total. The lowest BCUT2D eigenvalue weighted by Gasteiger charge is -2.03. The predicted octanol–water partition coefficient (Wildman–Crippen LogP) is 2.05. The number of thioether (sulfide) groups is 1. The minimum atomic E-state index is 0.265. The number of aryl methyl sites for hydroxylation is 1. The number of rotatable bonds is 4. The van der Waals surface area contributed by atoms with Crippen LogP contribution < -0.4 is 5.73 Å². The lowest BCUT2D eigenvalue weighted by Crippen LogP contribution is -1.90. The summed E-state index contributed by atoms with van der Waals surface area (Å²) < 4.78 is 0. The van der Waals surface area contributed by atoms with Crippen LogP contribution in [0.3, 0.4) is 0 Å². The Bertz CT molecular complexity index is 276. The van der Waals surface area contributed by atoms with Gasteiger partial charge in [0.1, 0.15) is 0 Å². The van der Waals surface area contributed by atoms with Crippen LogP contribution in [-0.4, -0.2) is 17.5 Å². The normalized spacial score (nSPS) is 10.3. The van der Waals surface area contributed by atoms with Gasteiger partial charge in [-0.2, -0.15) is 0 Å². The molecule has 0 aliphatic carbocycles. The number of anilines is 1. The Kier molecular flexibility index (Phi) is 4.12.